The molecule has 0 unspecified atom stereocenters. The van der Waals surface area contributed by atoms with Crippen LogP contribution in [-0.2, 0) is 30.3 Å². The number of aromatic nitrogens is 3. The van der Waals surface area contributed by atoms with Gasteiger partial charge >= 0.3 is 0 Å². The van der Waals surface area contributed by atoms with E-state index in [1.807, 2.05) is 10.9 Å². The van der Waals surface area contributed by atoms with Crippen molar-refractivity contribution in [2.24, 2.45) is 0 Å². The van der Waals surface area contributed by atoms with Gasteiger partial charge in [0.25, 0.3) is 0 Å². The first kappa shape index (κ1) is 15.3. The number of benzene rings is 1. The maximum absolute atomic E-state index is 12.8. The van der Waals surface area contributed by atoms with Gasteiger partial charge in [0.2, 0.25) is 0 Å². The summed E-state index contributed by atoms with van der Waals surface area (Å²) in [4.78, 5) is 2.26. The summed E-state index contributed by atoms with van der Waals surface area (Å²) in [5.74, 6) is 1.28. The number of rotatable bonds is 5. The molecule has 0 N–H and O–H groups in total. The monoisotopic (exact) mass is 322 g/mol. The van der Waals surface area contributed by atoms with Gasteiger partial charge in [0.05, 0.1) is 5.69 Å². The largest absolute Gasteiger partial charge is 0.296 e. The summed E-state index contributed by atoms with van der Waals surface area (Å²) in [6, 6.07) is 6.53. The van der Waals surface area contributed by atoms with Gasteiger partial charge in [0.1, 0.15) is 5.82 Å². The highest BCUT2D eigenvalue weighted by molar-refractivity contribution is 7.85. The lowest BCUT2D eigenvalue weighted by atomic mass is 10.1. The van der Waals surface area contributed by atoms with Crippen molar-refractivity contribution in [1.29, 1.82) is 0 Å². The smallest absolute Gasteiger partial charge is 0.123 e. The van der Waals surface area contributed by atoms with Crippen LogP contribution in [0, 0.1) is 5.82 Å². The molecule has 1 saturated heterocycles. The van der Waals surface area contributed by atoms with Crippen LogP contribution < -0.4 is 0 Å². The summed E-state index contributed by atoms with van der Waals surface area (Å²) in [5.41, 5.74) is 2.02. The summed E-state index contributed by atoms with van der Waals surface area (Å²) in [6.45, 7) is 3.19. The molecule has 0 amide bonds. The van der Waals surface area contributed by atoms with Crippen molar-refractivity contribution in [1.82, 2.24) is 19.9 Å². The Morgan fingerprint density at radius 3 is 2.64 bits per heavy atom. The topological polar surface area (TPSA) is 51.0 Å². The average Bonchev–Trinajstić information content (AvgIpc) is 2.97. The fourth-order valence-corrected chi connectivity index (χ4v) is 3.61. The maximum atomic E-state index is 12.8. The van der Waals surface area contributed by atoms with Crippen molar-refractivity contribution in [3.8, 4) is 0 Å². The van der Waals surface area contributed by atoms with Crippen LogP contribution in [-0.4, -0.2) is 48.7 Å². The highest BCUT2D eigenvalue weighted by Gasteiger charge is 2.16. The van der Waals surface area contributed by atoms with E-state index in [9.17, 15) is 8.60 Å². The van der Waals surface area contributed by atoms with E-state index in [-0.39, 0.29) is 5.82 Å². The molecule has 0 saturated carbocycles. The van der Waals surface area contributed by atoms with Crippen LogP contribution in [0.2, 0.25) is 0 Å². The summed E-state index contributed by atoms with van der Waals surface area (Å²) in [6.07, 6.45) is 2.75. The molecule has 1 aromatic heterocycles. The summed E-state index contributed by atoms with van der Waals surface area (Å²) < 4.78 is 26.0. The molecule has 22 heavy (non-hydrogen) atoms. The Kier molecular flexibility index (Phi) is 4.94. The summed E-state index contributed by atoms with van der Waals surface area (Å²) in [7, 11) is -0.649. The minimum Gasteiger partial charge on any atom is -0.296 e. The van der Waals surface area contributed by atoms with Gasteiger partial charge in [-0.05, 0) is 24.1 Å². The molecule has 1 aromatic carbocycles. The average molecular weight is 322 g/mol. The fraction of sp³-hybridized carbons (Fsp3) is 0.467. The molecule has 0 bridgehead atoms. The Hall–Kier alpha value is -1.60. The minimum absolute atomic E-state index is 0.214. The van der Waals surface area contributed by atoms with Crippen LogP contribution >= 0.6 is 0 Å². The van der Waals surface area contributed by atoms with Crippen LogP contribution in [0.15, 0.2) is 30.5 Å². The Balaban J connectivity index is 1.50. The van der Waals surface area contributed by atoms with Crippen LogP contribution in [0.5, 0.6) is 0 Å². The number of hydrogen-bond acceptors (Lipinski definition) is 4. The van der Waals surface area contributed by atoms with Gasteiger partial charge in [0.15, 0.2) is 0 Å². The van der Waals surface area contributed by atoms with E-state index >= 15 is 0 Å². The Morgan fingerprint density at radius 2 is 1.91 bits per heavy atom. The zero-order valence-electron chi connectivity index (χ0n) is 12.3. The Labute approximate surface area is 131 Å². The van der Waals surface area contributed by atoms with Crippen LogP contribution in [0.3, 0.4) is 0 Å². The molecule has 118 valence electrons. The first-order valence-electron chi connectivity index (χ1n) is 7.40. The molecule has 3 rings (SSSR count). The predicted molar refractivity (Wildman–Crippen MR) is 83.3 cm³/mol. The third-order valence-corrected chi connectivity index (χ3v) is 5.06. The van der Waals surface area contributed by atoms with E-state index in [1.165, 1.54) is 12.1 Å². The van der Waals surface area contributed by atoms with Crippen molar-refractivity contribution in [2.75, 3.05) is 24.6 Å². The molecular weight excluding hydrogens is 303 g/mol. The van der Waals surface area contributed by atoms with Gasteiger partial charge in [-0.2, -0.15) is 0 Å². The van der Waals surface area contributed by atoms with Crippen LogP contribution in [0.25, 0.3) is 0 Å². The van der Waals surface area contributed by atoms with Crippen molar-refractivity contribution in [3.63, 3.8) is 0 Å². The lowest BCUT2D eigenvalue weighted by Gasteiger charge is -2.24. The summed E-state index contributed by atoms with van der Waals surface area (Å²) >= 11 is 0. The first-order chi connectivity index (χ1) is 10.7. The molecule has 0 radical (unpaired) electrons. The molecule has 0 aliphatic carbocycles. The number of hydrogen-bond donors (Lipinski definition) is 0. The highest BCUT2D eigenvalue weighted by Crippen LogP contribution is 2.07. The predicted octanol–water partition coefficient (Wildman–Crippen LogP) is 1.22. The number of halogens is 1. The third kappa shape index (κ3) is 4.20. The molecule has 2 heterocycles. The Bertz CT molecular complexity index is 633. The van der Waals surface area contributed by atoms with Crippen molar-refractivity contribution in [2.45, 2.75) is 19.5 Å². The Morgan fingerprint density at radius 1 is 1.18 bits per heavy atom. The maximum Gasteiger partial charge on any atom is 0.123 e. The first-order valence-corrected chi connectivity index (χ1v) is 8.88. The van der Waals surface area contributed by atoms with Gasteiger partial charge in [-0.1, -0.05) is 17.3 Å². The van der Waals surface area contributed by atoms with Gasteiger partial charge in [-0.25, -0.2) is 4.39 Å². The highest BCUT2D eigenvalue weighted by atomic mass is 32.2. The standard InChI is InChI=1S/C15H19FN4OS/c16-14-3-1-13(2-4-14)5-6-20-12-15(17-18-20)11-19-7-9-22(21)10-8-19/h1-4,12H,5-11H2. The second kappa shape index (κ2) is 7.11. The molecule has 0 spiro atoms. The lowest BCUT2D eigenvalue weighted by Crippen LogP contribution is -2.37. The molecule has 1 aliphatic rings. The van der Waals surface area contributed by atoms with Crippen LogP contribution in [0.4, 0.5) is 4.39 Å². The third-order valence-electron chi connectivity index (χ3n) is 3.78. The van der Waals surface area contributed by atoms with E-state index < -0.39 is 10.8 Å². The SMILES string of the molecule is O=S1CCN(Cc2cn(CCc3ccc(F)cc3)nn2)CC1. The normalized spacial score (nSPS) is 17.0. The fourth-order valence-electron chi connectivity index (χ4n) is 2.48. The van der Waals surface area contributed by atoms with Gasteiger partial charge in [0, 0.05) is 54.7 Å². The zero-order chi connectivity index (χ0) is 15.4. The molecular formula is C15H19FN4OS. The molecule has 0 atom stereocenters. The molecule has 1 aliphatic heterocycles. The van der Waals surface area contributed by atoms with E-state index in [0.29, 0.717) is 0 Å². The van der Waals surface area contributed by atoms with E-state index in [0.717, 1.165) is 55.4 Å². The number of nitrogens with zero attached hydrogens (tertiary/aromatic N) is 4. The van der Waals surface area contributed by atoms with Gasteiger partial charge in [-0.3, -0.25) is 13.8 Å². The van der Waals surface area contributed by atoms with Crippen molar-refractivity contribution in [3.05, 3.63) is 47.5 Å². The van der Waals surface area contributed by atoms with Gasteiger partial charge in [-0.15, -0.1) is 5.10 Å². The van der Waals surface area contributed by atoms with E-state index in [2.05, 4.69) is 15.2 Å². The van der Waals surface area contributed by atoms with Crippen molar-refractivity contribution < 1.29 is 8.60 Å². The molecule has 1 fully saturated rings. The van der Waals surface area contributed by atoms with Crippen molar-refractivity contribution >= 4 is 10.8 Å². The van der Waals surface area contributed by atoms with E-state index in [1.54, 1.807) is 12.1 Å². The van der Waals surface area contributed by atoms with Gasteiger partial charge < -0.3 is 0 Å². The zero-order valence-corrected chi connectivity index (χ0v) is 13.1. The van der Waals surface area contributed by atoms with E-state index in [4.69, 9.17) is 0 Å². The lowest BCUT2D eigenvalue weighted by molar-refractivity contribution is 0.288. The second-order valence-electron chi connectivity index (χ2n) is 5.47. The second-order valence-corrected chi connectivity index (χ2v) is 7.17. The minimum atomic E-state index is -0.649. The molecule has 7 heteroatoms. The summed E-state index contributed by atoms with van der Waals surface area (Å²) in [5, 5.41) is 8.33. The molecule has 5 nitrogen and oxygen atoms in total. The number of aryl methyl sites for hydroxylation is 2. The van der Waals surface area contributed by atoms with Crippen LogP contribution in [0.1, 0.15) is 11.3 Å². The quantitative estimate of drug-likeness (QED) is 0.831. The molecule has 2 aromatic rings.